The maximum atomic E-state index is 14.2. The van der Waals surface area contributed by atoms with Gasteiger partial charge in [0.1, 0.15) is 12.4 Å². The van der Waals surface area contributed by atoms with E-state index in [0.717, 1.165) is 84.4 Å². The molecule has 0 atom stereocenters. The molecule has 0 radical (unpaired) electrons. The lowest BCUT2D eigenvalue weighted by Gasteiger charge is -2.28. The first-order valence-electron chi connectivity index (χ1n) is 17.1. The number of nitrogens with zero attached hydrogens (tertiary/aromatic N) is 4. The third-order valence-electron chi connectivity index (χ3n) is 8.86. The van der Waals surface area contributed by atoms with Gasteiger partial charge in [-0.05, 0) is 85.3 Å². The topological polar surface area (TPSA) is 58.4 Å². The van der Waals surface area contributed by atoms with Gasteiger partial charge in [-0.3, -0.25) is 9.59 Å². The van der Waals surface area contributed by atoms with Gasteiger partial charge in [-0.25, -0.2) is 4.39 Å². The summed E-state index contributed by atoms with van der Waals surface area (Å²) in [5.41, 5.74) is 6.68. The molecule has 0 saturated carbocycles. The van der Waals surface area contributed by atoms with Crippen LogP contribution in [0.2, 0.25) is 0 Å². The van der Waals surface area contributed by atoms with E-state index < -0.39 is 0 Å². The van der Waals surface area contributed by atoms with Gasteiger partial charge in [0.2, 0.25) is 5.91 Å². The SMILES string of the molecule is CCCC#Cc1ccc(-c2ccc(CN(CCN(CC)CC)C(=O)Cn3c(SCc4ccc(F)cc4)nc(=O)c4c3CCC4)cc2)cc1. The van der Waals surface area contributed by atoms with E-state index in [0.29, 0.717) is 30.4 Å². The first kappa shape index (κ1) is 35.1. The highest BCUT2D eigenvalue weighted by Gasteiger charge is 2.25. The predicted molar refractivity (Wildman–Crippen MR) is 193 cm³/mol. The fourth-order valence-electron chi connectivity index (χ4n) is 5.98. The minimum Gasteiger partial charge on any atom is -0.336 e. The van der Waals surface area contributed by atoms with Crippen molar-refractivity contribution in [2.45, 2.75) is 76.9 Å². The standard InChI is InChI=1S/C40H45FN4O2S/c1-4-7-8-10-30-13-19-33(20-14-30)34-21-15-31(16-22-34)27-44(26-25-43(5-2)6-3)38(46)28-45-37-12-9-11-36(37)39(47)42-40(45)48-29-32-17-23-35(41)24-18-32/h13-24H,4-7,9,11-12,25-29H2,1-3H3. The van der Waals surface area contributed by atoms with E-state index in [1.165, 1.54) is 23.9 Å². The zero-order valence-electron chi connectivity index (χ0n) is 28.3. The number of unbranched alkanes of at least 4 members (excludes halogenated alkanes) is 1. The summed E-state index contributed by atoms with van der Waals surface area (Å²) in [5.74, 6) is 6.65. The molecule has 0 fully saturated rings. The van der Waals surface area contributed by atoms with E-state index in [9.17, 15) is 14.0 Å². The summed E-state index contributed by atoms with van der Waals surface area (Å²) in [6, 6.07) is 23.1. The number of carbonyl (C=O) groups is 1. The van der Waals surface area contributed by atoms with Crippen LogP contribution in [0, 0.1) is 17.7 Å². The van der Waals surface area contributed by atoms with Crippen LogP contribution < -0.4 is 5.56 Å². The van der Waals surface area contributed by atoms with E-state index in [1.54, 1.807) is 12.1 Å². The number of rotatable bonds is 14. The van der Waals surface area contributed by atoms with Crippen molar-refractivity contribution in [3.05, 3.63) is 117 Å². The van der Waals surface area contributed by atoms with E-state index in [4.69, 9.17) is 0 Å². The monoisotopic (exact) mass is 664 g/mol. The molecule has 1 aromatic heterocycles. The van der Waals surface area contributed by atoms with Crippen molar-refractivity contribution in [3.63, 3.8) is 0 Å². The van der Waals surface area contributed by atoms with Crippen LogP contribution in [-0.2, 0) is 36.5 Å². The second kappa shape index (κ2) is 17.3. The van der Waals surface area contributed by atoms with Gasteiger partial charge in [0.15, 0.2) is 5.16 Å². The average molecular weight is 665 g/mol. The summed E-state index contributed by atoms with van der Waals surface area (Å²) in [4.78, 5) is 35.8. The number of likely N-dealkylation sites (N-methyl/N-ethyl adjacent to an activating group) is 1. The number of fused-ring (bicyclic) bond motifs is 1. The Morgan fingerprint density at radius 3 is 2.23 bits per heavy atom. The third kappa shape index (κ3) is 9.24. The molecule has 0 saturated heterocycles. The molecule has 1 aliphatic rings. The fourth-order valence-corrected chi connectivity index (χ4v) is 6.94. The second-order valence-electron chi connectivity index (χ2n) is 12.1. The quantitative estimate of drug-likeness (QED) is 0.0802. The number of benzene rings is 3. The number of amides is 1. The van der Waals surface area contributed by atoms with Gasteiger partial charge >= 0.3 is 0 Å². The van der Waals surface area contributed by atoms with Crippen LogP contribution in [0.1, 0.15) is 68.0 Å². The molecule has 250 valence electrons. The summed E-state index contributed by atoms with van der Waals surface area (Å²) in [7, 11) is 0. The van der Waals surface area contributed by atoms with Crippen LogP contribution in [0.5, 0.6) is 0 Å². The summed E-state index contributed by atoms with van der Waals surface area (Å²) in [5, 5.41) is 0.536. The Bertz CT molecular complexity index is 1790. The highest BCUT2D eigenvalue weighted by atomic mass is 32.2. The molecule has 0 spiro atoms. The molecule has 0 bridgehead atoms. The van der Waals surface area contributed by atoms with Crippen molar-refractivity contribution in [1.82, 2.24) is 19.4 Å². The van der Waals surface area contributed by atoms with Gasteiger partial charge in [0.05, 0.1) is 0 Å². The zero-order valence-corrected chi connectivity index (χ0v) is 29.1. The normalized spacial score (nSPS) is 12.1. The molecule has 0 unspecified atom stereocenters. The number of hydrogen-bond donors (Lipinski definition) is 0. The molecule has 0 aliphatic heterocycles. The Morgan fingerprint density at radius 2 is 1.56 bits per heavy atom. The number of thioether (sulfide) groups is 1. The van der Waals surface area contributed by atoms with Gasteiger partial charge < -0.3 is 14.4 Å². The highest BCUT2D eigenvalue weighted by molar-refractivity contribution is 7.98. The van der Waals surface area contributed by atoms with Crippen LogP contribution in [0.3, 0.4) is 0 Å². The van der Waals surface area contributed by atoms with Crippen molar-refractivity contribution in [1.29, 1.82) is 0 Å². The summed E-state index contributed by atoms with van der Waals surface area (Å²) in [6.45, 7) is 10.2. The van der Waals surface area contributed by atoms with Crippen molar-refractivity contribution < 1.29 is 9.18 Å². The number of hydrogen-bond acceptors (Lipinski definition) is 5. The van der Waals surface area contributed by atoms with Crippen LogP contribution >= 0.6 is 11.8 Å². The lowest BCUT2D eigenvalue weighted by atomic mass is 10.0. The molecular formula is C40H45FN4O2S. The first-order valence-corrected chi connectivity index (χ1v) is 18.0. The van der Waals surface area contributed by atoms with E-state index >= 15 is 0 Å². The largest absolute Gasteiger partial charge is 0.336 e. The van der Waals surface area contributed by atoms with Crippen LogP contribution in [0.25, 0.3) is 11.1 Å². The maximum Gasteiger partial charge on any atom is 0.277 e. The lowest BCUT2D eigenvalue weighted by molar-refractivity contribution is -0.132. The molecule has 0 N–H and O–H groups in total. The Labute approximate surface area is 288 Å². The van der Waals surface area contributed by atoms with Crippen LogP contribution in [-0.4, -0.2) is 51.4 Å². The van der Waals surface area contributed by atoms with Crippen molar-refractivity contribution in [2.75, 3.05) is 26.2 Å². The van der Waals surface area contributed by atoms with Gasteiger partial charge in [-0.1, -0.05) is 92.9 Å². The molecule has 1 amide bonds. The van der Waals surface area contributed by atoms with E-state index in [1.807, 2.05) is 9.47 Å². The summed E-state index contributed by atoms with van der Waals surface area (Å²) in [6.07, 6.45) is 4.27. The maximum absolute atomic E-state index is 14.2. The Hall–Kier alpha value is -4.19. The van der Waals surface area contributed by atoms with Crippen LogP contribution in [0.4, 0.5) is 4.39 Å². The van der Waals surface area contributed by atoms with Crippen molar-refractivity contribution in [3.8, 4) is 23.0 Å². The first-order chi connectivity index (χ1) is 23.4. The van der Waals surface area contributed by atoms with Crippen molar-refractivity contribution in [2.24, 2.45) is 0 Å². The number of aromatic nitrogens is 2. The zero-order chi connectivity index (χ0) is 33.9. The number of carbonyl (C=O) groups excluding carboxylic acids is 1. The average Bonchev–Trinajstić information content (AvgIpc) is 3.61. The van der Waals surface area contributed by atoms with E-state index in [2.05, 4.69) is 91.0 Å². The van der Waals surface area contributed by atoms with Gasteiger partial charge in [-0.2, -0.15) is 4.98 Å². The van der Waals surface area contributed by atoms with Crippen molar-refractivity contribution >= 4 is 17.7 Å². The molecule has 1 aliphatic carbocycles. The molecule has 3 aromatic carbocycles. The Kier molecular flexibility index (Phi) is 12.6. The highest BCUT2D eigenvalue weighted by Crippen LogP contribution is 2.27. The smallest absolute Gasteiger partial charge is 0.277 e. The third-order valence-corrected chi connectivity index (χ3v) is 9.91. The minimum absolute atomic E-state index is 0.00538. The van der Waals surface area contributed by atoms with Crippen LogP contribution in [0.15, 0.2) is 82.7 Å². The van der Waals surface area contributed by atoms with Gasteiger partial charge in [0.25, 0.3) is 5.56 Å². The fraction of sp³-hybridized carbons (Fsp3) is 0.375. The molecule has 4 aromatic rings. The van der Waals surface area contributed by atoms with E-state index in [-0.39, 0.29) is 23.8 Å². The Morgan fingerprint density at radius 1 is 0.896 bits per heavy atom. The predicted octanol–water partition coefficient (Wildman–Crippen LogP) is 7.35. The molecule has 8 heteroatoms. The van der Waals surface area contributed by atoms with Gasteiger partial charge in [0, 0.05) is 48.6 Å². The van der Waals surface area contributed by atoms with Gasteiger partial charge in [-0.15, -0.1) is 0 Å². The lowest BCUT2D eigenvalue weighted by Crippen LogP contribution is -2.40. The molecular weight excluding hydrogens is 620 g/mol. The number of halogens is 1. The second-order valence-corrected chi connectivity index (χ2v) is 13.1. The summed E-state index contributed by atoms with van der Waals surface area (Å²) < 4.78 is 15.5. The molecule has 1 heterocycles. The molecule has 48 heavy (non-hydrogen) atoms. The Balaban J connectivity index is 1.35. The molecule has 6 nitrogen and oxygen atoms in total. The summed E-state index contributed by atoms with van der Waals surface area (Å²) >= 11 is 1.42. The molecule has 5 rings (SSSR count). The minimum atomic E-state index is -0.288.